The number of carboxylic acids is 1. The van der Waals surface area contributed by atoms with E-state index in [0.29, 0.717) is 24.5 Å². The van der Waals surface area contributed by atoms with Gasteiger partial charge in [0.15, 0.2) is 6.04 Å². The molecule has 23 heavy (non-hydrogen) atoms. The van der Waals surface area contributed by atoms with Gasteiger partial charge in [-0.3, -0.25) is 4.79 Å². The lowest BCUT2D eigenvalue weighted by Crippen LogP contribution is -2.36. The first-order chi connectivity index (χ1) is 11.0. The molecule has 0 aromatic heterocycles. The summed E-state index contributed by atoms with van der Waals surface area (Å²) in [4.78, 5) is 23.1. The second-order valence-electron chi connectivity index (χ2n) is 4.48. The fraction of sp³-hybridized carbons (Fsp3) is 0.467. The minimum absolute atomic E-state index is 0.249. The minimum atomic E-state index is -1.22. The number of rotatable bonds is 10. The lowest BCUT2D eigenvalue weighted by molar-refractivity contribution is -0.142. The SMILES string of the molecule is CCOCCOCC(=O)NC(C(=O)O)c1ccc(OC)c(Cl)c1. The van der Waals surface area contributed by atoms with Crippen molar-refractivity contribution in [3.05, 3.63) is 28.8 Å². The molecule has 1 aromatic rings. The molecule has 1 aromatic carbocycles. The van der Waals surface area contributed by atoms with E-state index in [1.54, 1.807) is 6.07 Å². The largest absolute Gasteiger partial charge is 0.495 e. The highest BCUT2D eigenvalue weighted by molar-refractivity contribution is 6.32. The zero-order valence-corrected chi connectivity index (χ0v) is 13.8. The molecular weight excluding hydrogens is 326 g/mol. The van der Waals surface area contributed by atoms with Crippen molar-refractivity contribution in [3.8, 4) is 5.75 Å². The number of aliphatic carboxylic acids is 1. The van der Waals surface area contributed by atoms with E-state index in [2.05, 4.69) is 5.32 Å². The van der Waals surface area contributed by atoms with E-state index in [4.69, 9.17) is 25.8 Å². The monoisotopic (exact) mass is 345 g/mol. The van der Waals surface area contributed by atoms with Gasteiger partial charge < -0.3 is 24.6 Å². The molecule has 0 saturated carbocycles. The van der Waals surface area contributed by atoms with Crippen LogP contribution in [0.25, 0.3) is 0 Å². The van der Waals surface area contributed by atoms with E-state index in [1.165, 1.54) is 19.2 Å². The van der Waals surface area contributed by atoms with Crippen molar-refractivity contribution < 1.29 is 28.9 Å². The number of carbonyl (C=O) groups is 2. The maximum atomic E-state index is 11.8. The molecule has 0 aliphatic heterocycles. The highest BCUT2D eigenvalue weighted by atomic mass is 35.5. The van der Waals surface area contributed by atoms with E-state index < -0.39 is 17.9 Å². The van der Waals surface area contributed by atoms with Gasteiger partial charge in [0, 0.05) is 6.61 Å². The molecule has 1 unspecified atom stereocenters. The molecule has 0 fully saturated rings. The van der Waals surface area contributed by atoms with Crippen molar-refractivity contribution in [3.63, 3.8) is 0 Å². The Morgan fingerprint density at radius 3 is 2.57 bits per heavy atom. The van der Waals surface area contributed by atoms with Crippen molar-refractivity contribution >= 4 is 23.5 Å². The van der Waals surface area contributed by atoms with Crippen molar-refractivity contribution in [2.75, 3.05) is 33.5 Å². The van der Waals surface area contributed by atoms with Crippen LogP contribution in [0.5, 0.6) is 5.75 Å². The zero-order valence-electron chi connectivity index (χ0n) is 13.0. The van der Waals surface area contributed by atoms with Crippen molar-refractivity contribution in [1.29, 1.82) is 0 Å². The third-order valence-electron chi connectivity index (χ3n) is 2.87. The van der Waals surface area contributed by atoms with Crippen molar-refractivity contribution in [1.82, 2.24) is 5.32 Å². The number of carboxylic acid groups (broad SMARTS) is 1. The Morgan fingerprint density at radius 2 is 2.00 bits per heavy atom. The van der Waals surface area contributed by atoms with Crippen LogP contribution in [-0.2, 0) is 19.1 Å². The van der Waals surface area contributed by atoms with Crippen LogP contribution >= 0.6 is 11.6 Å². The smallest absolute Gasteiger partial charge is 0.330 e. The van der Waals surface area contributed by atoms with Gasteiger partial charge in [-0.25, -0.2) is 4.79 Å². The van der Waals surface area contributed by atoms with E-state index in [-0.39, 0.29) is 18.2 Å². The number of carbonyl (C=O) groups excluding carboxylic acids is 1. The molecule has 8 heteroatoms. The maximum absolute atomic E-state index is 11.8. The number of hydrogen-bond acceptors (Lipinski definition) is 5. The van der Waals surface area contributed by atoms with E-state index in [9.17, 15) is 14.7 Å². The molecule has 0 saturated heterocycles. The Bertz CT molecular complexity index is 537. The van der Waals surface area contributed by atoms with Crippen LogP contribution in [0.2, 0.25) is 5.02 Å². The molecule has 128 valence electrons. The predicted octanol–water partition coefficient (Wildman–Crippen LogP) is 1.64. The Labute approximate surface area is 139 Å². The summed E-state index contributed by atoms with van der Waals surface area (Å²) in [6.07, 6.45) is 0. The summed E-state index contributed by atoms with van der Waals surface area (Å²) >= 11 is 5.98. The first kappa shape index (κ1) is 19.2. The van der Waals surface area contributed by atoms with Gasteiger partial charge >= 0.3 is 5.97 Å². The van der Waals surface area contributed by atoms with Crippen LogP contribution in [0, 0.1) is 0 Å². The van der Waals surface area contributed by atoms with Crippen LogP contribution in [0.3, 0.4) is 0 Å². The molecule has 0 aliphatic rings. The van der Waals surface area contributed by atoms with Gasteiger partial charge in [0.25, 0.3) is 0 Å². The molecular formula is C15H20ClNO6. The summed E-state index contributed by atoms with van der Waals surface area (Å²) in [7, 11) is 1.46. The van der Waals surface area contributed by atoms with Gasteiger partial charge in [0.2, 0.25) is 5.91 Å². The summed E-state index contributed by atoms with van der Waals surface area (Å²) in [5, 5.41) is 11.9. The first-order valence-electron chi connectivity index (χ1n) is 7.00. The number of methoxy groups -OCH3 is 1. The van der Waals surface area contributed by atoms with Crippen LogP contribution in [-0.4, -0.2) is 50.5 Å². The number of benzene rings is 1. The topological polar surface area (TPSA) is 94.1 Å². The summed E-state index contributed by atoms with van der Waals surface area (Å²) < 4.78 is 15.2. The van der Waals surface area contributed by atoms with E-state index in [0.717, 1.165) is 0 Å². The Balaban J connectivity index is 2.63. The highest BCUT2D eigenvalue weighted by Gasteiger charge is 2.23. The van der Waals surface area contributed by atoms with Gasteiger partial charge in [-0.1, -0.05) is 17.7 Å². The third kappa shape index (κ3) is 6.43. The van der Waals surface area contributed by atoms with Gasteiger partial charge in [-0.15, -0.1) is 0 Å². The second-order valence-corrected chi connectivity index (χ2v) is 4.89. The summed E-state index contributed by atoms with van der Waals surface area (Å²) in [6.45, 7) is 2.80. The number of hydrogen-bond donors (Lipinski definition) is 2. The fourth-order valence-corrected chi connectivity index (χ4v) is 2.05. The molecule has 0 spiro atoms. The number of amides is 1. The summed E-state index contributed by atoms with van der Waals surface area (Å²) in [5.41, 5.74) is 0.339. The Morgan fingerprint density at radius 1 is 1.30 bits per heavy atom. The van der Waals surface area contributed by atoms with Gasteiger partial charge in [-0.05, 0) is 24.6 Å². The summed E-state index contributed by atoms with van der Waals surface area (Å²) in [5.74, 6) is -1.32. The third-order valence-corrected chi connectivity index (χ3v) is 3.17. The average Bonchev–Trinajstić information content (AvgIpc) is 2.52. The van der Waals surface area contributed by atoms with Gasteiger partial charge in [0.05, 0.1) is 25.3 Å². The molecule has 0 heterocycles. The van der Waals surface area contributed by atoms with Gasteiger partial charge in [0.1, 0.15) is 12.4 Å². The fourth-order valence-electron chi connectivity index (χ4n) is 1.78. The minimum Gasteiger partial charge on any atom is -0.495 e. The molecule has 0 radical (unpaired) electrons. The van der Waals surface area contributed by atoms with Crippen LogP contribution < -0.4 is 10.1 Å². The zero-order chi connectivity index (χ0) is 17.2. The molecule has 7 nitrogen and oxygen atoms in total. The predicted molar refractivity (Wildman–Crippen MR) is 83.8 cm³/mol. The van der Waals surface area contributed by atoms with Crippen LogP contribution in [0.4, 0.5) is 0 Å². The van der Waals surface area contributed by atoms with Crippen molar-refractivity contribution in [2.45, 2.75) is 13.0 Å². The lowest BCUT2D eigenvalue weighted by atomic mass is 10.1. The molecule has 1 atom stereocenters. The Kier molecular flexibility index (Phi) is 8.39. The van der Waals surface area contributed by atoms with E-state index >= 15 is 0 Å². The van der Waals surface area contributed by atoms with Crippen molar-refractivity contribution in [2.24, 2.45) is 0 Å². The molecule has 0 bridgehead atoms. The van der Waals surface area contributed by atoms with E-state index in [1.807, 2.05) is 6.92 Å². The average molecular weight is 346 g/mol. The van der Waals surface area contributed by atoms with Crippen LogP contribution in [0.15, 0.2) is 18.2 Å². The van der Waals surface area contributed by atoms with Crippen LogP contribution in [0.1, 0.15) is 18.5 Å². The van der Waals surface area contributed by atoms with Gasteiger partial charge in [-0.2, -0.15) is 0 Å². The summed E-state index contributed by atoms with van der Waals surface area (Å²) in [6, 6.07) is 3.29. The normalized spacial score (nSPS) is 11.8. The number of ether oxygens (including phenoxy) is 3. The quantitative estimate of drug-likeness (QED) is 0.626. The number of nitrogens with one attached hydrogen (secondary N) is 1. The maximum Gasteiger partial charge on any atom is 0.330 e. The molecule has 2 N–H and O–H groups in total. The lowest BCUT2D eigenvalue weighted by Gasteiger charge is -2.16. The molecule has 0 aliphatic carbocycles. The standard InChI is InChI=1S/C15H20ClNO6/c1-3-22-6-7-23-9-13(18)17-14(15(19)20)10-4-5-12(21-2)11(16)8-10/h4-5,8,14H,3,6-7,9H2,1-2H3,(H,17,18)(H,19,20). The highest BCUT2D eigenvalue weighted by Crippen LogP contribution is 2.27. The Hall–Kier alpha value is -1.83. The number of halogens is 1. The molecule has 1 amide bonds. The molecule has 1 rings (SSSR count). The second kappa shape index (κ2) is 10.0. The first-order valence-corrected chi connectivity index (χ1v) is 7.38.